The van der Waals surface area contributed by atoms with Crippen LogP contribution in [0.25, 0.3) is 33.8 Å². The Morgan fingerprint density at radius 3 is 2.39 bits per heavy atom. The second-order valence-electron chi connectivity index (χ2n) is 14.4. The van der Waals surface area contributed by atoms with Crippen LogP contribution in [0.2, 0.25) is 0 Å². The number of benzene rings is 3. The molecule has 4 aromatic rings. The Hall–Kier alpha value is -4.30. The van der Waals surface area contributed by atoms with Crippen molar-refractivity contribution >= 4 is 17.0 Å². The van der Waals surface area contributed by atoms with Crippen molar-refractivity contribution < 1.29 is 0 Å². The van der Waals surface area contributed by atoms with E-state index in [9.17, 15) is 0 Å². The minimum Gasteiger partial charge on any atom is -0.338 e. The number of hydrogen-bond donors (Lipinski definition) is 0. The van der Waals surface area contributed by atoms with Gasteiger partial charge < -0.3 is 9.47 Å². The molecule has 2 heteroatoms. The van der Waals surface area contributed by atoms with Crippen LogP contribution in [0.1, 0.15) is 69.3 Å². The molecule has 0 N–H and O–H groups in total. The lowest BCUT2D eigenvalue weighted by Gasteiger charge is -2.54. The molecule has 1 aliphatic heterocycles. The van der Waals surface area contributed by atoms with E-state index in [4.69, 9.17) is 0 Å². The predicted octanol–water partition coefficient (Wildman–Crippen LogP) is 10.3. The lowest BCUT2D eigenvalue weighted by molar-refractivity contribution is 0.156. The zero-order chi connectivity index (χ0) is 29.8. The van der Waals surface area contributed by atoms with Crippen molar-refractivity contribution in [1.29, 1.82) is 0 Å². The number of allylic oxidation sites excluding steroid dienone is 6. The Kier molecular flexibility index (Phi) is 5.41. The zero-order valence-corrected chi connectivity index (χ0v) is 26.3. The van der Waals surface area contributed by atoms with Gasteiger partial charge in [0.2, 0.25) is 0 Å². The normalized spacial score (nSPS) is 23.6. The Morgan fingerprint density at radius 1 is 0.750 bits per heavy atom. The van der Waals surface area contributed by atoms with Gasteiger partial charge in [-0.05, 0) is 89.3 Å². The molecule has 218 valence electrons. The summed E-state index contributed by atoms with van der Waals surface area (Å²) < 4.78 is 2.56. The Morgan fingerprint density at radius 2 is 1.52 bits per heavy atom. The molecular formula is C42H40N2. The quantitative estimate of drug-likeness (QED) is 0.232. The highest BCUT2D eigenvalue weighted by Gasteiger charge is 2.48. The van der Waals surface area contributed by atoms with Crippen LogP contribution in [0.15, 0.2) is 120 Å². The van der Waals surface area contributed by atoms with Crippen LogP contribution in [0.4, 0.5) is 0 Å². The molecule has 2 nitrogen and oxygen atoms in total. The molecule has 2 heterocycles. The molecule has 4 aliphatic carbocycles. The van der Waals surface area contributed by atoms with Crippen LogP contribution in [0, 0.1) is 11.3 Å². The van der Waals surface area contributed by atoms with Gasteiger partial charge in [-0.15, -0.1) is 0 Å². The van der Waals surface area contributed by atoms with E-state index in [0.29, 0.717) is 12.0 Å². The Labute approximate surface area is 261 Å². The third-order valence-electron chi connectivity index (χ3n) is 11.4. The summed E-state index contributed by atoms with van der Waals surface area (Å²) in [6, 6.07) is 25.4. The fraction of sp³-hybridized carbons (Fsp3) is 0.286. The van der Waals surface area contributed by atoms with E-state index in [2.05, 4.69) is 146 Å². The largest absolute Gasteiger partial charge is 0.338 e. The second-order valence-corrected chi connectivity index (χ2v) is 14.4. The molecule has 5 aliphatic rings. The average Bonchev–Trinajstić information content (AvgIpc) is 3.49. The SMILES string of the molecule is CC1(C)c2ccccc2-c2cc3c4c(n(-c5ccccc5)c3cc21)CCC(N1C2=CCCC=C2C(C)(C)C2C=CC=CC21)=C4. The summed E-state index contributed by atoms with van der Waals surface area (Å²) in [5, 5.41) is 1.37. The monoisotopic (exact) mass is 572 g/mol. The minimum atomic E-state index is -0.0277. The number of nitrogens with zero attached hydrogens (tertiary/aromatic N) is 2. The maximum Gasteiger partial charge on any atom is 0.0593 e. The van der Waals surface area contributed by atoms with Gasteiger partial charge in [-0.3, -0.25) is 0 Å². The molecule has 1 saturated heterocycles. The number of piperidine rings is 1. The zero-order valence-electron chi connectivity index (χ0n) is 26.3. The third-order valence-corrected chi connectivity index (χ3v) is 11.4. The van der Waals surface area contributed by atoms with Crippen molar-refractivity contribution in [3.8, 4) is 16.8 Å². The van der Waals surface area contributed by atoms with Gasteiger partial charge in [-0.2, -0.15) is 0 Å². The van der Waals surface area contributed by atoms with E-state index in [1.807, 2.05) is 0 Å². The van der Waals surface area contributed by atoms with Crippen molar-refractivity contribution in [3.63, 3.8) is 0 Å². The number of para-hydroxylation sites is 1. The van der Waals surface area contributed by atoms with E-state index >= 15 is 0 Å². The first-order valence-corrected chi connectivity index (χ1v) is 16.5. The standard InChI is InChI=1S/C42H40N2/c1-41(2)33-17-9-8-16-29(33)30-25-32-31-24-28(22-23-37(31)43(40(32)26-36(30)41)27-14-6-5-7-15-27)44-38-20-12-10-18-34(38)42(3,4)35-19-11-13-21-39(35)44/h5-10,12,14-21,24-26,34,38H,11,13,22-23H2,1-4H3. The maximum absolute atomic E-state index is 2.72. The van der Waals surface area contributed by atoms with Crippen molar-refractivity contribution in [3.05, 3.63) is 143 Å². The molecule has 0 spiro atoms. The van der Waals surface area contributed by atoms with Gasteiger partial charge in [0.15, 0.2) is 0 Å². The molecule has 0 amide bonds. The smallest absolute Gasteiger partial charge is 0.0593 e. The highest BCUT2D eigenvalue weighted by Crippen LogP contribution is 2.55. The number of aromatic nitrogens is 1. The molecular weight excluding hydrogens is 532 g/mol. The van der Waals surface area contributed by atoms with Crippen LogP contribution in [-0.4, -0.2) is 15.5 Å². The number of likely N-dealkylation sites (tertiary alicyclic amines) is 1. The van der Waals surface area contributed by atoms with Crippen molar-refractivity contribution in [2.24, 2.45) is 11.3 Å². The molecule has 44 heavy (non-hydrogen) atoms. The average molecular weight is 573 g/mol. The van der Waals surface area contributed by atoms with Crippen molar-refractivity contribution in [1.82, 2.24) is 9.47 Å². The first kappa shape index (κ1) is 26.1. The highest BCUT2D eigenvalue weighted by atomic mass is 15.2. The first-order valence-electron chi connectivity index (χ1n) is 16.5. The van der Waals surface area contributed by atoms with E-state index in [-0.39, 0.29) is 10.8 Å². The topological polar surface area (TPSA) is 8.17 Å². The maximum atomic E-state index is 2.72. The lowest BCUT2D eigenvalue weighted by atomic mass is 9.63. The van der Waals surface area contributed by atoms with Crippen LogP contribution in [0.5, 0.6) is 0 Å². The Bertz CT molecular complexity index is 2020. The van der Waals surface area contributed by atoms with Crippen LogP contribution >= 0.6 is 0 Å². The van der Waals surface area contributed by atoms with Crippen LogP contribution in [-0.2, 0) is 11.8 Å². The van der Waals surface area contributed by atoms with E-state index in [1.165, 1.54) is 67.1 Å². The number of fused-ring (bicyclic) bond motifs is 8. The minimum absolute atomic E-state index is 0.0277. The van der Waals surface area contributed by atoms with Gasteiger partial charge in [-0.1, -0.05) is 107 Å². The highest BCUT2D eigenvalue weighted by molar-refractivity contribution is 5.99. The summed E-state index contributed by atoms with van der Waals surface area (Å²) in [6.45, 7) is 9.69. The van der Waals surface area contributed by atoms with Gasteiger partial charge in [0.1, 0.15) is 0 Å². The van der Waals surface area contributed by atoms with Crippen molar-refractivity contribution in [2.75, 3.05) is 0 Å². The van der Waals surface area contributed by atoms with Gasteiger partial charge in [0.25, 0.3) is 0 Å². The molecule has 0 bridgehead atoms. The molecule has 2 atom stereocenters. The predicted molar refractivity (Wildman–Crippen MR) is 184 cm³/mol. The first-order chi connectivity index (χ1) is 21.4. The molecule has 0 radical (unpaired) electrons. The molecule has 2 unspecified atom stereocenters. The van der Waals surface area contributed by atoms with Crippen molar-refractivity contribution in [2.45, 2.75) is 64.8 Å². The van der Waals surface area contributed by atoms with Crippen LogP contribution < -0.4 is 0 Å². The lowest BCUT2D eigenvalue weighted by Crippen LogP contribution is -2.51. The molecule has 9 rings (SSSR count). The summed E-state index contributed by atoms with van der Waals surface area (Å²) in [7, 11) is 0. The molecule has 1 aromatic heterocycles. The van der Waals surface area contributed by atoms with Gasteiger partial charge in [0.05, 0.1) is 11.6 Å². The number of rotatable bonds is 2. The molecule has 1 fully saturated rings. The van der Waals surface area contributed by atoms with Gasteiger partial charge in [0, 0.05) is 45.1 Å². The molecule has 3 aromatic carbocycles. The summed E-state index contributed by atoms with van der Waals surface area (Å²) in [4.78, 5) is 2.72. The van der Waals surface area contributed by atoms with E-state index in [0.717, 1.165) is 25.7 Å². The van der Waals surface area contributed by atoms with E-state index in [1.54, 1.807) is 0 Å². The summed E-state index contributed by atoms with van der Waals surface area (Å²) in [5.74, 6) is 0.448. The van der Waals surface area contributed by atoms with Gasteiger partial charge >= 0.3 is 0 Å². The van der Waals surface area contributed by atoms with E-state index < -0.39 is 0 Å². The number of hydrogen-bond acceptors (Lipinski definition) is 1. The van der Waals surface area contributed by atoms with Gasteiger partial charge in [-0.25, -0.2) is 0 Å². The summed E-state index contributed by atoms with van der Waals surface area (Å²) in [6.07, 6.45) is 21.4. The van der Waals surface area contributed by atoms with Crippen LogP contribution in [0.3, 0.4) is 0 Å². The fourth-order valence-electron chi connectivity index (χ4n) is 9.19. The summed E-state index contributed by atoms with van der Waals surface area (Å²) >= 11 is 0. The second kappa shape index (κ2) is 9.11. The summed E-state index contributed by atoms with van der Waals surface area (Å²) in [5.41, 5.74) is 15.6. The Balaban J connectivity index is 1.29. The third kappa shape index (κ3) is 3.43. The fourth-order valence-corrected chi connectivity index (χ4v) is 9.19. The molecule has 0 saturated carbocycles.